The molecule has 3 rings (SSSR count). The van der Waals surface area contributed by atoms with Crippen molar-refractivity contribution in [1.29, 1.82) is 0 Å². The summed E-state index contributed by atoms with van der Waals surface area (Å²) >= 11 is 1.74. The Labute approximate surface area is 177 Å². The van der Waals surface area contributed by atoms with E-state index >= 15 is 0 Å². The molecule has 29 heavy (non-hydrogen) atoms. The SMILES string of the molecule is CCC(=O)N(CC(=O)N1CCc2sccc2C1COc1ccc(C)cc1)C(C)C. The quantitative estimate of drug-likeness (QED) is 0.682. The van der Waals surface area contributed by atoms with Crippen LogP contribution in [0.3, 0.4) is 0 Å². The van der Waals surface area contributed by atoms with Crippen molar-refractivity contribution in [1.82, 2.24) is 9.80 Å². The van der Waals surface area contributed by atoms with Crippen LogP contribution in [0, 0.1) is 6.92 Å². The zero-order chi connectivity index (χ0) is 21.0. The lowest BCUT2D eigenvalue weighted by Crippen LogP contribution is -2.49. The maximum Gasteiger partial charge on any atom is 0.242 e. The molecule has 0 saturated carbocycles. The van der Waals surface area contributed by atoms with Gasteiger partial charge in [-0.3, -0.25) is 9.59 Å². The second kappa shape index (κ2) is 9.44. The van der Waals surface area contributed by atoms with Gasteiger partial charge in [-0.2, -0.15) is 0 Å². The third-order valence-corrected chi connectivity index (χ3v) is 6.39. The molecule has 0 aliphatic carbocycles. The summed E-state index contributed by atoms with van der Waals surface area (Å²) in [6, 6.07) is 9.91. The van der Waals surface area contributed by atoms with Gasteiger partial charge in [0.1, 0.15) is 12.4 Å². The number of rotatable bonds is 7. The number of ether oxygens (including phenoxy) is 1. The molecule has 0 fully saturated rings. The Kier molecular flexibility index (Phi) is 6.96. The minimum absolute atomic E-state index is 0.00448. The van der Waals surface area contributed by atoms with E-state index < -0.39 is 0 Å². The Morgan fingerprint density at radius 3 is 2.62 bits per heavy atom. The molecule has 2 heterocycles. The summed E-state index contributed by atoms with van der Waals surface area (Å²) in [5, 5.41) is 2.08. The first-order valence-corrected chi connectivity index (χ1v) is 11.1. The van der Waals surface area contributed by atoms with Gasteiger partial charge in [0.15, 0.2) is 0 Å². The molecular weight excluding hydrogens is 384 g/mol. The fourth-order valence-electron chi connectivity index (χ4n) is 3.68. The van der Waals surface area contributed by atoms with E-state index in [1.165, 1.54) is 16.0 Å². The summed E-state index contributed by atoms with van der Waals surface area (Å²) in [6.45, 7) is 8.95. The lowest BCUT2D eigenvalue weighted by atomic mass is 10.00. The van der Waals surface area contributed by atoms with Gasteiger partial charge in [-0.1, -0.05) is 24.6 Å². The molecule has 0 radical (unpaired) electrons. The van der Waals surface area contributed by atoms with Gasteiger partial charge in [0.2, 0.25) is 11.8 Å². The van der Waals surface area contributed by atoms with E-state index in [0.717, 1.165) is 12.2 Å². The van der Waals surface area contributed by atoms with Crippen LogP contribution in [0.5, 0.6) is 5.75 Å². The van der Waals surface area contributed by atoms with Gasteiger partial charge in [-0.15, -0.1) is 11.3 Å². The van der Waals surface area contributed by atoms with Crippen LogP contribution in [-0.2, 0) is 16.0 Å². The summed E-state index contributed by atoms with van der Waals surface area (Å²) in [7, 11) is 0. The molecule has 5 nitrogen and oxygen atoms in total. The predicted molar refractivity (Wildman–Crippen MR) is 116 cm³/mol. The summed E-state index contributed by atoms with van der Waals surface area (Å²) in [5.41, 5.74) is 2.35. The number of hydrogen-bond acceptors (Lipinski definition) is 4. The minimum atomic E-state index is -0.135. The number of fused-ring (bicyclic) bond motifs is 1. The van der Waals surface area contributed by atoms with Crippen LogP contribution in [-0.4, -0.2) is 47.4 Å². The Bertz CT molecular complexity index is 844. The summed E-state index contributed by atoms with van der Waals surface area (Å²) in [4.78, 5) is 30.4. The van der Waals surface area contributed by atoms with E-state index in [1.807, 2.05) is 56.9 Å². The highest BCUT2D eigenvalue weighted by atomic mass is 32.1. The summed E-state index contributed by atoms with van der Waals surface area (Å²) in [5.74, 6) is 0.791. The van der Waals surface area contributed by atoms with Gasteiger partial charge >= 0.3 is 0 Å². The van der Waals surface area contributed by atoms with Crippen molar-refractivity contribution in [3.8, 4) is 5.75 Å². The molecular formula is C23H30N2O3S. The zero-order valence-corrected chi connectivity index (χ0v) is 18.5. The van der Waals surface area contributed by atoms with Crippen LogP contribution < -0.4 is 4.74 Å². The fourth-order valence-corrected chi connectivity index (χ4v) is 4.61. The monoisotopic (exact) mass is 414 g/mol. The van der Waals surface area contributed by atoms with Crippen molar-refractivity contribution in [2.45, 2.75) is 52.6 Å². The van der Waals surface area contributed by atoms with E-state index in [9.17, 15) is 9.59 Å². The molecule has 0 N–H and O–H groups in total. The Morgan fingerprint density at radius 2 is 1.97 bits per heavy atom. The van der Waals surface area contributed by atoms with Crippen molar-refractivity contribution in [2.75, 3.05) is 19.7 Å². The molecule has 2 aromatic rings. The molecule has 1 aliphatic heterocycles. The van der Waals surface area contributed by atoms with Gasteiger partial charge in [0, 0.05) is 23.9 Å². The summed E-state index contributed by atoms with van der Waals surface area (Å²) < 4.78 is 6.06. The van der Waals surface area contributed by atoms with E-state index in [-0.39, 0.29) is 30.4 Å². The molecule has 1 unspecified atom stereocenters. The number of thiophene rings is 1. The molecule has 1 atom stereocenters. The van der Waals surface area contributed by atoms with Crippen molar-refractivity contribution in [3.05, 3.63) is 51.7 Å². The Morgan fingerprint density at radius 1 is 1.24 bits per heavy atom. The lowest BCUT2D eigenvalue weighted by Gasteiger charge is -2.37. The van der Waals surface area contributed by atoms with Gasteiger partial charge in [-0.25, -0.2) is 0 Å². The van der Waals surface area contributed by atoms with Gasteiger partial charge in [-0.05, 0) is 56.3 Å². The fraction of sp³-hybridized carbons (Fsp3) is 0.478. The zero-order valence-electron chi connectivity index (χ0n) is 17.7. The first kappa shape index (κ1) is 21.4. The molecule has 1 aliphatic rings. The number of benzene rings is 1. The van der Waals surface area contributed by atoms with E-state index in [1.54, 1.807) is 16.2 Å². The van der Waals surface area contributed by atoms with Crippen molar-refractivity contribution >= 4 is 23.2 Å². The second-order valence-electron chi connectivity index (χ2n) is 7.75. The van der Waals surface area contributed by atoms with Crippen LogP contribution in [0.2, 0.25) is 0 Å². The first-order chi connectivity index (χ1) is 13.9. The smallest absolute Gasteiger partial charge is 0.242 e. The number of carbonyl (C=O) groups is 2. The highest BCUT2D eigenvalue weighted by Crippen LogP contribution is 2.34. The average Bonchev–Trinajstić information content (AvgIpc) is 3.19. The van der Waals surface area contributed by atoms with Crippen LogP contribution in [0.15, 0.2) is 35.7 Å². The molecule has 2 amide bonds. The lowest BCUT2D eigenvalue weighted by molar-refractivity contribution is -0.144. The van der Waals surface area contributed by atoms with Crippen LogP contribution in [0.25, 0.3) is 0 Å². The van der Waals surface area contributed by atoms with Crippen molar-refractivity contribution in [2.24, 2.45) is 0 Å². The molecule has 1 aromatic carbocycles. The van der Waals surface area contributed by atoms with E-state index in [2.05, 4.69) is 11.4 Å². The predicted octanol–water partition coefficient (Wildman–Crippen LogP) is 4.21. The Balaban J connectivity index is 1.77. The summed E-state index contributed by atoms with van der Waals surface area (Å²) in [6.07, 6.45) is 1.25. The number of nitrogens with zero attached hydrogens (tertiary/aromatic N) is 2. The highest BCUT2D eigenvalue weighted by molar-refractivity contribution is 7.10. The standard InChI is InChI=1S/C23H30N2O3S/c1-5-22(26)25(16(2)3)14-23(27)24-12-10-21-19(11-13-29-21)20(24)15-28-18-8-6-17(4)7-9-18/h6-9,11,13,16,20H,5,10,12,14-15H2,1-4H3. The normalized spacial score (nSPS) is 15.9. The molecule has 1 aromatic heterocycles. The topological polar surface area (TPSA) is 49.9 Å². The average molecular weight is 415 g/mol. The molecule has 0 bridgehead atoms. The Hall–Kier alpha value is -2.34. The maximum atomic E-state index is 13.2. The number of hydrogen-bond donors (Lipinski definition) is 0. The van der Waals surface area contributed by atoms with Crippen LogP contribution in [0.1, 0.15) is 49.2 Å². The highest BCUT2D eigenvalue weighted by Gasteiger charge is 2.33. The number of amides is 2. The third-order valence-electron chi connectivity index (χ3n) is 5.40. The largest absolute Gasteiger partial charge is 0.491 e. The molecule has 6 heteroatoms. The molecule has 0 spiro atoms. The van der Waals surface area contributed by atoms with E-state index in [0.29, 0.717) is 19.6 Å². The van der Waals surface area contributed by atoms with Gasteiger partial charge in [0.05, 0.1) is 12.6 Å². The first-order valence-electron chi connectivity index (χ1n) is 10.2. The number of carbonyl (C=O) groups excluding carboxylic acids is 2. The molecule has 0 saturated heterocycles. The number of aryl methyl sites for hydroxylation is 1. The van der Waals surface area contributed by atoms with Crippen LogP contribution in [0.4, 0.5) is 0 Å². The van der Waals surface area contributed by atoms with Gasteiger partial charge < -0.3 is 14.5 Å². The molecule has 156 valence electrons. The van der Waals surface area contributed by atoms with E-state index in [4.69, 9.17) is 4.74 Å². The van der Waals surface area contributed by atoms with Gasteiger partial charge in [0.25, 0.3) is 0 Å². The minimum Gasteiger partial charge on any atom is -0.491 e. The van der Waals surface area contributed by atoms with Crippen molar-refractivity contribution in [3.63, 3.8) is 0 Å². The van der Waals surface area contributed by atoms with Crippen molar-refractivity contribution < 1.29 is 14.3 Å². The maximum absolute atomic E-state index is 13.2. The third kappa shape index (κ3) is 4.99. The second-order valence-corrected chi connectivity index (χ2v) is 8.75. The van der Waals surface area contributed by atoms with Crippen LogP contribution >= 0.6 is 11.3 Å².